The maximum atomic E-state index is 13.7. The second kappa shape index (κ2) is 21.5. The maximum absolute atomic E-state index is 13.7. The Morgan fingerprint density at radius 1 is 0.868 bits per heavy atom. The van der Waals surface area contributed by atoms with E-state index in [2.05, 4.69) is 10.6 Å². The summed E-state index contributed by atoms with van der Waals surface area (Å²) in [5.41, 5.74) is -0.123. The standard InChI is InChI=1S/C41H56N2O10/c1-28(2)24-34(52-38(48)41(7,8)27-42-39(49)53-40(4,5)6)37(47)51-33(29(3)22-23-30-16-11-9-12-17-30)20-15-21-35(44)43-32(36(45)46)26-50-25-31-18-13-10-14-19-31/h9-19,21-23,28-29,32-34H,20,24-27H2,1-8H3,(H,42,49)(H,43,44)(H,45,46)/b21-15+,23-22+/t29-,32-,33+,34+/m1/s1. The molecular formula is C41H56N2O10. The normalized spacial score (nSPS) is 14.3. The molecule has 0 bridgehead atoms. The van der Waals surface area contributed by atoms with Crippen LogP contribution in [-0.4, -0.2) is 72.0 Å². The lowest BCUT2D eigenvalue weighted by molar-refractivity contribution is -0.178. The molecule has 2 amide bonds. The molecule has 12 nitrogen and oxygen atoms in total. The lowest BCUT2D eigenvalue weighted by atomic mass is 9.93. The molecule has 12 heteroatoms. The van der Waals surface area contributed by atoms with Crippen LogP contribution in [0.1, 0.15) is 79.4 Å². The summed E-state index contributed by atoms with van der Waals surface area (Å²) in [6.07, 6.45) is 4.01. The molecule has 0 spiro atoms. The van der Waals surface area contributed by atoms with E-state index in [1.807, 2.05) is 93.6 Å². The van der Waals surface area contributed by atoms with Crippen molar-refractivity contribution in [2.24, 2.45) is 17.3 Å². The number of hydrogen-bond acceptors (Lipinski definition) is 9. The van der Waals surface area contributed by atoms with Crippen LogP contribution in [0.4, 0.5) is 4.79 Å². The van der Waals surface area contributed by atoms with Crippen molar-refractivity contribution in [1.29, 1.82) is 0 Å². The first kappa shape index (κ1) is 44.2. The highest BCUT2D eigenvalue weighted by Crippen LogP contribution is 2.23. The van der Waals surface area contributed by atoms with Gasteiger partial charge in [-0.2, -0.15) is 0 Å². The summed E-state index contributed by atoms with van der Waals surface area (Å²) in [6.45, 7) is 13.8. The van der Waals surface area contributed by atoms with E-state index >= 15 is 0 Å². The smallest absolute Gasteiger partial charge is 0.407 e. The Morgan fingerprint density at radius 3 is 2.08 bits per heavy atom. The summed E-state index contributed by atoms with van der Waals surface area (Å²) in [6, 6.07) is 17.5. The van der Waals surface area contributed by atoms with E-state index in [0.29, 0.717) is 0 Å². The van der Waals surface area contributed by atoms with E-state index in [-0.39, 0.29) is 44.4 Å². The van der Waals surface area contributed by atoms with Gasteiger partial charge < -0.3 is 34.7 Å². The predicted octanol–water partition coefficient (Wildman–Crippen LogP) is 6.49. The Hall–Kier alpha value is -4.97. The third-order valence-electron chi connectivity index (χ3n) is 7.72. The van der Waals surface area contributed by atoms with E-state index in [1.54, 1.807) is 34.6 Å². The van der Waals surface area contributed by atoms with E-state index in [0.717, 1.165) is 11.1 Å². The highest BCUT2D eigenvalue weighted by Gasteiger charge is 2.36. The van der Waals surface area contributed by atoms with E-state index in [4.69, 9.17) is 18.9 Å². The molecule has 0 aromatic heterocycles. The van der Waals surface area contributed by atoms with Crippen molar-refractivity contribution in [1.82, 2.24) is 10.6 Å². The van der Waals surface area contributed by atoms with Gasteiger partial charge >= 0.3 is 24.0 Å². The number of carbonyl (C=O) groups is 5. The highest BCUT2D eigenvalue weighted by atomic mass is 16.6. The van der Waals surface area contributed by atoms with Gasteiger partial charge in [-0.1, -0.05) is 99.7 Å². The summed E-state index contributed by atoms with van der Waals surface area (Å²) in [5.74, 6) is -3.77. The number of carboxylic acid groups (broad SMARTS) is 1. The third kappa shape index (κ3) is 17.9. The molecule has 0 saturated carbocycles. The van der Waals surface area contributed by atoms with E-state index in [1.165, 1.54) is 12.2 Å². The van der Waals surface area contributed by atoms with Crippen LogP contribution in [0.5, 0.6) is 0 Å². The van der Waals surface area contributed by atoms with Gasteiger partial charge in [-0.3, -0.25) is 9.59 Å². The number of hydrogen-bond donors (Lipinski definition) is 3. The Balaban J connectivity index is 2.17. The zero-order chi connectivity index (χ0) is 39.6. The first-order valence-corrected chi connectivity index (χ1v) is 17.8. The number of nitrogens with one attached hydrogen (secondary N) is 2. The number of carboxylic acids is 1. The molecule has 0 saturated heterocycles. The summed E-state index contributed by atoms with van der Waals surface area (Å²) in [7, 11) is 0. The van der Waals surface area contributed by atoms with Crippen molar-refractivity contribution in [3.05, 3.63) is 90.0 Å². The van der Waals surface area contributed by atoms with Crippen LogP contribution >= 0.6 is 0 Å². The summed E-state index contributed by atoms with van der Waals surface area (Å²) >= 11 is 0. The lowest BCUT2D eigenvalue weighted by Crippen LogP contribution is -2.44. The molecule has 0 fully saturated rings. The van der Waals surface area contributed by atoms with Gasteiger partial charge in [-0.25, -0.2) is 14.4 Å². The minimum Gasteiger partial charge on any atom is -0.480 e. The monoisotopic (exact) mass is 736 g/mol. The molecular weight excluding hydrogens is 680 g/mol. The van der Waals surface area contributed by atoms with E-state index in [9.17, 15) is 29.1 Å². The lowest BCUT2D eigenvalue weighted by Gasteiger charge is -2.29. The van der Waals surface area contributed by atoms with Gasteiger partial charge in [-0.15, -0.1) is 0 Å². The van der Waals surface area contributed by atoms with Gasteiger partial charge in [0, 0.05) is 18.9 Å². The molecule has 3 N–H and O–H groups in total. The molecule has 0 aliphatic heterocycles. The second-order valence-corrected chi connectivity index (χ2v) is 14.9. The number of esters is 2. The van der Waals surface area contributed by atoms with Crippen LogP contribution in [0.3, 0.4) is 0 Å². The van der Waals surface area contributed by atoms with Gasteiger partial charge in [0.1, 0.15) is 11.7 Å². The molecule has 0 unspecified atom stereocenters. The van der Waals surface area contributed by atoms with Crippen molar-refractivity contribution in [3.63, 3.8) is 0 Å². The Bertz CT molecular complexity index is 1530. The Kier molecular flexibility index (Phi) is 18.0. The fourth-order valence-electron chi connectivity index (χ4n) is 4.71. The number of carbonyl (C=O) groups excluding carboxylic acids is 4. The molecule has 0 radical (unpaired) electrons. The molecule has 0 aliphatic carbocycles. The van der Waals surface area contributed by atoms with Gasteiger partial charge in [0.2, 0.25) is 5.91 Å². The minimum absolute atomic E-state index is 0.0420. The van der Waals surface area contributed by atoms with Crippen molar-refractivity contribution in [3.8, 4) is 0 Å². The maximum Gasteiger partial charge on any atom is 0.407 e. The summed E-state index contributed by atoms with van der Waals surface area (Å²) in [5, 5.41) is 14.6. The van der Waals surface area contributed by atoms with Crippen molar-refractivity contribution < 1.29 is 48.0 Å². The molecule has 0 aliphatic rings. The van der Waals surface area contributed by atoms with Crippen LogP contribution in [0.15, 0.2) is 78.9 Å². The molecule has 2 rings (SSSR count). The Morgan fingerprint density at radius 2 is 1.49 bits per heavy atom. The van der Waals surface area contributed by atoms with Crippen molar-refractivity contribution >= 4 is 36.0 Å². The molecule has 4 atom stereocenters. The highest BCUT2D eigenvalue weighted by molar-refractivity contribution is 5.91. The number of benzene rings is 2. The predicted molar refractivity (Wildman–Crippen MR) is 201 cm³/mol. The van der Waals surface area contributed by atoms with Gasteiger partial charge in [0.25, 0.3) is 0 Å². The quantitative estimate of drug-likeness (QED) is 0.0777. The van der Waals surface area contributed by atoms with Crippen molar-refractivity contribution in [2.75, 3.05) is 13.2 Å². The number of alkyl carbamates (subject to hydrolysis) is 1. The topological polar surface area (TPSA) is 167 Å². The van der Waals surface area contributed by atoms with Crippen LogP contribution in [0.2, 0.25) is 0 Å². The van der Waals surface area contributed by atoms with Gasteiger partial charge in [0.15, 0.2) is 12.1 Å². The fraction of sp³-hybridized carbons (Fsp3) is 0.488. The number of aliphatic carboxylic acids is 1. The average molecular weight is 737 g/mol. The first-order valence-electron chi connectivity index (χ1n) is 17.8. The number of amides is 2. The number of rotatable bonds is 20. The van der Waals surface area contributed by atoms with Gasteiger partial charge in [-0.05, 0) is 64.2 Å². The average Bonchev–Trinajstić information content (AvgIpc) is 3.08. The molecule has 2 aromatic carbocycles. The zero-order valence-electron chi connectivity index (χ0n) is 32.1. The second-order valence-electron chi connectivity index (χ2n) is 14.9. The first-order chi connectivity index (χ1) is 24.9. The van der Waals surface area contributed by atoms with Crippen molar-refractivity contribution in [2.45, 2.75) is 98.7 Å². The SMILES string of the molecule is CC(C)C[C@H](OC(=O)C(C)(C)CNC(=O)OC(C)(C)C)C(=O)O[C@@H](C/C=C/C(=O)N[C@H](COCc1ccccc1)C(=O)O)[C@H](C)/C=C/c1ccccc1. The summed E-state index contributed by atoms with van der Waals surface area (Å²) in [4.78, 5) is 63.8. The molecule has 0 heterocycles. The van der Waals surface area contributed by atoms with E-state index < -0.39 is 59.2 Å². The third-order valence-corrected chi connectivity index (χ3v) is 7.72. The van der Waals surface area contributed by atoms with Crippen LogP contribution in [-0.2, 0) is 44.7 Å². The summed E-state index contributed by atoms with van der Waals surface area (Å²) < 4.78 is 22.5. The molecule has 290 valence electrons. The number of ether oxygens (including phenoxy) is 4. The fourth-order valence-corrected chi connectivity index (χ4v) is 4.71. The van der Waals surface area contributed by atoms with Gasteiger partial charge in [0.05, 0.1) is 18.6 Å². The molecule has 53 heavy (non-hydrogen) atoms. The van der Waals surface area contributed by atoms with Crippen LogP contribution < -0.4 is 10.6 Å². The largest absolute Gasteiger partial charge is 0.480 e. The Labute approximate surface area is 313 Å². The minimum atomic E-state index is -1.28. The molecule has 2 aromatic rings. The van der Waals surface area contributed by atoms with Crippen LogP contribution in [0.25, 0.3) is 6.08 Å². The zero-order valence-corrected chi connectivity index (χ0v) is 32.1. The van der Waals surface area contributed by atoms with Crippen LogP contribution in [0, 0.1) is 17.3 Å².